The number of nitrogens with zero attached hydrogens (tertiary/aromatic N) is 2. The molecule has 1 rings (SSSR count). The van der Waals surface area contributed by atoms with Crippen molar-refractivity contribution in [3.8, 4) is 0 Å². The van der Waals surface area contributed by atoms with Gasteiger partial charge in [0, 0.05) is 17.8 Å². The van der Waals surface area contributed by atoms with E-state index in [1.165, 1.54) is 0 Å². The molecule has 0 spiro atoms. The van der Waals surface area contributed by atoms with Gasteiger partial charge in [-0.25, -0.2) is 0 Å². The summed E-state index contributed by atoms with van der Waals surface area (Å²) in [6.45, 7) is 10.8. The maximum Gasteiger partial charge on any atom is 0.242 e. The largest absolute Gasteiger partial charge is 0.348 e. The highest BCUT2D eigenvalue weighted by atomic mass is 35.5. The lowest BCUT2D eigenvalue weighted by Gasteiger charge is -2.31. The molecular weight excluding hydrogens is 311 g/mol. The fourth-order valence-electron chi connectivity index (χ4n) is 2.43. The molecule has 1 atom stereocenters. The van der Waals surface area contributed by atoms with E-state index in [2.05, 4.69) is 24.3 Å². The Morgan fingerprint density at radius 2 is 2.00 bits per heavy atom. The fourth-order valence-corrected chi connectivity index (χ4v) is 2.43. The average molecular weight is 339 g/mol. The number of hydrogen-bond donors (Lipinski definition) is 2. The van der Waals surface area contributed by atoms with Crippen molar-refractivity contribution in [1.29, 1.82) is 0 Å². The zero-order valence-electron chi connectivity index (χ0n) is 13.5. The highest BCUT2D eigenvalue weighted by molar-refractivity contribution is 5.85. The second kappa shape index (κ2) is 9.28. The Balaban J connectivity index is 0. The van der Waals surface area contributed by atoms with Gasteiger partial charge in [0.25, 0.3) is 0 Å². The molecule has 0 saturated carbocycles. The minimum absolute atomic E-state index is 0. The number of hydrogen-bond acceptors (Lipinski definition) is 3. The molecule has 21 heavy (non-hydrogen) atoms. The Labute approximate surface area is 139 Å². The van der Waals surface area contributed by atoms with Crippen LogP contribution in [0.5, 0.6) is 0 Å². The first kappa shape index (κ1) is 22.5. The molecule has 0 bridgehead atoms. The van der Waals surface area contributed by atoms with Gasteiger partial charge in [0.05, 0.1) is 5.69 Å². The minimum Gasteiger partial charge on any atom is -0.348 e. The van der Waals surface area contributed by atoms with Gasteiger partial charge in [0.1, 0.15) is 6.54 Å². The molecule has 5 nitrogen and oxygen atoms in total. The van der Waals surface area contributed by atoms with Gasteiger partial charge in [0.2, 0.25) is 5.91 Å². The van der Waals surface area contributed by atoms with Crippen LogP contribution >= 0.6 is 24.8 Å². The predicted molar refractivity (Wildman–Crippen MR) is 91.3 cm³/mol. The van der Waals surface area contributed by atoms with E-state index in [0.29, 0.717) is 12.5 Å². The molecule has 0 radical (unpaired) electrons. The molecule has 0 aliphatic rings. The summed E-state index contributed by atoms with van der Waals surface area (Å²) in [5, 5.41) is 7.33. The quantitative estimate of drug-likeness (QED) is 0.835. The van der Waals surface area contributed by atoms with E-state index in [0.717, 1.165) is 17.8 Å². The highest BCUT2D eigenvalue weighted by Crippen LogP contribution is 2.15. The van der Waals surface area contributed by atoms with Gasteiger partial charge < -0.3 is 11.1 Å². The third-order valence-electron chi connectivity index (χ3n) is 3.15. The Kier molecular flexibility index (Phi) is 9.94. The van der Waals surface area contributed by atoms with Crippen LogP contribution in [0.4, 0.5) is 0 Å². The van der Waals surface area contributed by atoms with Gasteiger partial charge in [0.15, 0.2) is 0 Å². The van der Waals surface area contributed by atoms with Gasteiger partial charge >= 0.3 is 0 Å². The predicted octanol–water partition coefficient (Wildman–Crippen LogP) is 2.22. The molecule has 1 unspecified atom stereocenters. The van der Waals surface area contributed by atoms with Gasteiger partial charge in [-0.1, -0.05) is 13.8 Å². The molecule has 0 aromatic carbocycles. The summed E-state index contributed by atoms with van der Waals surface area (Å²) < 4.78 is 1.72. The third-order valence-corrected chi connectivity index (χ3v) is 3.15. The summed E-state index contributed by atoms with van der Waals surface area (Å²) in [4.78, 5) is 12.1. The van der Waals surface area contributed by atoms with Crippen LogP contribution in [0, 0.1) is 19.8 Å². The van der Waals surface area contributed by atoms with Crippen molar-refractivity contribution in [3.05, 3.63) is 17.5 Å². The van der Waals surface area contributed by atoms with E-state index in [-0.39, 0.29) is 42.8 Å². The smallest absolute Gasteiger partial charge is 0.242 e. The number of aryl methyl sites for hydroxylation is 2. The number of nitrogens with one attached hydrogen (secondary N) is 1. The molecule has 7 heteroatoms. The summed E-state index contributed by atoms with van der Waals surface area (Å²) >= 11 is 0. The Morgan fingerprint density at radius 1 is 1.43 bits per heavy atom. The summed E-state index contributed by atoms with van der Waals surface area (Å²) in [5.41, 5.74) is 7.36. The van der Waals surface area contributed by atoms with Crippen LogP contribution in [0.25, 0.3) is 0 Å². The Hall–Kier alpha value is -0.780. The molecule has 124 valence electrons. The van der Waals surface area contributed by atoms with E-state index < -0.39 is 0 Å². The van der Waals surface area contributed by atoms with Crippen molar-refractivity contribution in [3.63, 3.8) is 0 Å². The first-order valence-electron chi connectivity index (χ1n) is 6.78. The molecule has 1 amide bonds. The van der Waals surface area contributed by atoms with Gasteiger partial charge in [-0.15, -0.1) is 24.8 Å². The first-order valence-corrected chi connectivity index (χ1v) is 6.78. The van der Waals surface area contributed by atoms with E-state index in [4.69, 9.17) is 5.73 Å². The van der Waals surface area contributed by atoms with Crippen molar-refractivity contribution in [2.75, 3.05) is 6.54 Å². The van der Waals surface area contributed by atoms with Crippen molar-refractivity contribution in [1.82, 2.24) is 15.1 Å². The Bertz CT molecular complexity index is 448. The number of amides is 1. The summed E-state index contributed by atoms with van der Waals surface area (Å²) in [7, 11) is 0. The lowest BCUT2D eigenvalue weighted by atomic mass is 9.91. The molecule has 0 saturated heterocycles. The van der Waals surface area contributed by atoms with Gasteiger partial charge in [-0.2, -0.15) is 5.10 Å². The van der Waals surface area contributed by atoms with Crippen molar-refractivity contribution in [2.45, 2.75) is 53.1 Å². The molecule has 1 aromatic rings. The maximum atomic E-state index is 12.1. The molecule has 0 aliphatic heterocycles. The Morgan fingerprint density at radius 3 is 2.38 bits per heavy atom. The summed E-state index contributed by atoms with van der Waals surface area (Å²) in [5.74, 6) is 0.447. The van der Waals surface area contributed by atoms with Crippen molar-refractivity contribution >= 4 is 30.7 Å². The summed E-state index contributed by atoms with van der Waals surface area (Å²) in [6, 6.07) is 1.96. The van der Waals surface area contributed by atoms with Crippen LogP contribution in [0.15, 0.2) is 6.07 Å². The minimum atomic E-state index is -0.346. The second-order valence-electron chi connectivity index (χ2n) is 6.00. The van der Waals surface area contributed by atoms with E-state index in [1.807, 2.05) is 26.8 Å². The lowest BCUT2D eigenvalue weighted by Crippen LogP contribution is -2.53. The average Bonchev–Trinajstić information content (AvgIpc) is 2.55. The molecule has 0 fully saturated rings. The molecule has 3 N–H and O–H groups in total. The third kappa shape index (κ3) is 7.16. The van der Waals surface area contributed by atoms with Crippen LogP contribution in [0.2, 0.25) is 0 Å². The van der Waals surface area contributed by atoms with Gasteiger partial charge in [-0.05, 0) is 39.2 Å². The number of rotatable bonds is 6. The van der Waals surface area contributed by atoms with Crippen molar-refractivity contribution < 1.29 is 4.79 Å². The number of carbonyl (C=O) groups excluding carboxylic acids is 1. The van der Waals surface area contributed by atoms with E-state index >= 15 is 0 Å². The number of carbonyl (C=O) groups is 1. The molecular formula is C14H28Cl2N4O. The van der Waals surface area contributed by atoms with Crippen LogP contribution in [0.3, 0.4) is 0 Å². The van der Waals surface area contributed by atoms with E-state index in [9.17, 15) is 4.79 Å². The van der Waals surface area contributed by atoms with E-state index in [1.54, 1.807) is 4.68 Å². The number of aromatic nitrogens is 2. The second-order valence-corrected chi connectivity index (χ2v) is 6.00. The molecule has 1 aromatic heterocycles. The summed E-state index contributed by atoms with van der Waals surface area (Å²) in [6.07, 6.45) is 0.867. The lowest BCUT2D eigenvalue weighted by molar-refractivity contribution is -0.123. The van der Waals surface area contributed by atoms with Crippen LogP contribution < -0.4 is 11.1 Å². The zero-order valence-corrected chi connectivity index (χ0v) is 15.1. The highest BCUT2D eigenvalue weighted by Gasteiger charge is 2.26. The topological polar surface area (TPSA) is 72.9 Å². The van der Waals surface area contributed by atoms with Crippen LogP contribution in [0.1, 0.15) is 38.6 Å². The van der Waals surface area contributed by atoms with Crippen LogP contribution in [-0.4, -0.2) is 27.8 Å². The number of nitrogens with two attached hydrogens (primary N) is 1. The number of halogens is 2. The SMILES string of the molecule is Cc1cc(C)n(CC(=O)NC(C)(CN)CC(C)C)n1.Cl.Cl. The van der Waals surface area contributed by atoms with Gasteiger partial charge in [-0.3, -0.25) is 9.48 Å². The van der Waals surface area contributed by atoms with Crippen molar-refractivity contribution in [2.24, 2.45) is 11.7 Å². The van der Waals surface area contributed by atoms with Crippen LogP contribution in [-0.2, 0) is 11.3 Å². The maximum absolute atomic E-state index is 12.1. The normalized spacial score (nSPS) is 13.1. The molecule has 1 heterocycles. The molecule has 0 aliphatic carbocycles. The fraction of sp³-hybridized carbons (Fsp3) is 0.714. The monoisotopic (exact) mass is 338 g/mol. The first-order chi connectivity index (χ1) is 8.75. The standard InChI is InChI=1S/C14H26N4O.2ClH/c1-10(2)7-14(5,9-15)16-13(19)8-18-12(4)6-11(3)17-18;;/h6,10H,7-9,15H2,1-5H3,(H,16,19);2*1H. The zero-order chi connectivity index (χ0) is 14.6.